The lowest BCUT2D eigenvalue weighted by Crippen LogP contribution is -1.96. The molecule has 3 aromatic rings. The summed E-state index contributed by atoms with van der Waals surface area (Å²) < 4.78 is 25.3. The number of hydrogen-bond acceptors (Lipinski definition) is 3. The highest BCUT2D eigenvalue weighted by molar-refractivity contribution is 7.90. The molecular formula is C21H22N2O2S. The van der Waals surface area contributed by atoms with Gasteiger partial charge in [0.15, 0.2) is 9.84 Å². The predicted octanol–water partition coefficient (Wildman–Crippen LogP) is 4.73. The lowest BCUT2D eigenvalue weighted by Gasteiger charge is -2.06. The van der Waals surface area contributed by atoms with Crippen LogP contribution in [-0.4, -0.2) is 24.5 Å². The summed E-state index contributed by atoms with van der Waals surface area (Å²) in [5.74, 6) is 0. The predicted molar refractivity (Wildman–Crippen MR) is 107 cm³/mol. The van der Waals surface area contributed by atoms with Gasteiger partial charge in [-0.25, -0.2) is 13.1 Å². The van der Waals surface area contributed by atoms with Crippen LogP contribution in [0, 0.1) is 13.8 Å². The second kappa shape index (κ2) is 6.92. The van der Waals surface area contributed by atoms with Crippen molar-refractivity contribution in [2.24, 2.45) is 0 Å². The van der Waals surface area contributed by atoms with E-state index in [0.29, 0.717) is 4.90 Å². The van der Waals surface area contributed by atoms with Crippen LogP contribution in [-0.2, 0) is 9.84 Å². The highest BCUT2D eigenvalue weighted by atomic mass is 32.2. The molecule has 3 rings (SSSR count). The Hall–Kier alpha value is -2.66. The van der Waals surface area contributed by atoms with Crippen LogP contribution in [0.4, 0.5) is 0 Å². The fraction of sp³-hybridized carbons (Fsp3) is 0.190. The van der Waals surface area contributed by atoms with Gasteiger partial charge in [0.2, 0.25) is 0 Å². The Morgan fingerprint density at radius 3 is 2.04 bits per heavy atom. The zero-order chi connectivity index (χ0) is 18.9. The Bertz CT molecular complexity index is 1060. The summed E-state index contributed by atoms with van der Waals surface area (Å²) in [6.45, 7) is 6.05. The van der Waals surface area contributed by atoms with Gasteiger partial charge in [-0.15, -0.1) is 0 Å². The van der Waals surface area contributed by atoms with Gasteiger partial charge in [-0.1, -0.05) is 48.0 Å². The zero-order valence-corrected chi connectivity index (χ0v) is 16.2. The summed E-state index contributed by atoms with van der Waals surface area (Å²) in [5, 5.41) is 4.74. The second-order valence-corrected chi connectivity index (χ2v) is 8.41. The van der Waals surface area contributed by atoms with E-state index in [2.05, 4.69) is 31.2 Å². The third-order valence-electron chi connectivity index (χ3n) is 4.34. The molecule has 0 aliphatic rings. The summed E-state index contributed by atoms with van der Waals surface area (Å²) in [4.78, 5) is 0.308. The first-order valence-electron chi connectivity index (χ1n) is 8.40. The second-order valence-electron chi connectivity index (χ2n) is 6.40. The molecule has 0 unspecified atom stereocenters. The Labute approximate surface area is 154 Å². The normalized spacial score (nSPS) is 12.0. The summed E-state index contributed by atoms with van der Waals surface area (Å²) in [6.07, 6.45) is 5.07. The van der Waals surface area contributed by atoms with E-state index in [0.717, 1.165) is 28.1 Å². The molecular weight excluding hydrogens is 344 g/mol. The van der Waals surface area contributed by atoms with E-state index >= 15 is 0 Å². The molecule has 0 N–H and O–H groups in total. The number of aromatic nitrogens is 2. The van der Waals surface area contributed by atoms with Crippen LogP contribution in [0.2, 0.25) is 0 Å². The van der Waals surface area contributed by atoms with Gasteiger partial charge in [-0.05, 0) is 38.5 Å². The van der Waals surface area contributed by atoms with E-state index < -0.39 is 9.84 Å². The molecule has 0 fully saturated rings. The Balaban J connectivity index is 2.20. The molecule has 0 saturated carbocycles. The van der Waals surface area contributed by atoms with E-state index in [1.54, 1.807) is 12.1 Å². The van der Waals surface area contributed by atoms with Crippen molar-refractivity contribution in [1.82, 2.24) is 9.78 Å². The lowest BCUT2D eigenvalue weighted by atomic mass is 9.98. The van der Waals surface area contributed by atoms with Gasteiger partial charge < -0.3 is 0 Å². The van der Waals surface area contributed by atoms with Crippen LogP contribution in [0.15, 0.2) is 59.5 Å². The molecule has 26 heavy (non-hydrogen) atoms. The maximum absolute atomic E-state index is 11.7. The molecule has 5 heteroatoms. The number of sulfone groups is 1. The van der Waals surface area contributed by atoms with E-state index in [9.17, 15) is 8.42 Å². The molecule has 0 spiro atoms. The maximum atomic E-state index is 11.7. The first-order chi connectivity index (χ1) is 12.3. The lowest BCUT2D eigenvalue weighted by molar-refractivity contribution is 0.602. The number of nitrogens with zero attached hydrogens (tertiary/aromatic N) is 2. The van der Waals surface area contributed by atoms with Gasteiger partial charge in [0, 0.05) is 29.3 Å². The number of aryl methyl sites for hydroxylation is 1. The Morgan fingerprint density at radius 2 is 1.50 bits per heavy atom. The van der Waals surface area contributed by atoms with Crippen molar-refractivity contribution in [1.29, 1.82) is 0 Å². The first-order valence-corrected chi connectivity index (χ1v) is 10.3. The van der Waals surface area contributed by atoms with Crippen molar-refractivity contribution in [3.8, 4) is 22.4 Å². The monoisotopic (exact) mass is 366 g/mol. The van der Waals surface area contributed by atoms with Crippen molar-refractivity contribution in [3.63, 3.8) is 0 Å². The van der Waals surface area contributed by atoms with Gasteiger partial charge in [0.1, 0.15) is 5.69 Å². The fourth-order valence-electron chi connectivity index (χ4n) is 2.93. The number of rotatable bonds is 4. The van der Waals surface area contributed by atoms with Gasteiger partial charge in [-0.2, -0.15) is 5.10 Å². The molecule has 1 aromatic heterocycles. The average Bonchev–Trinajstić information content (AvgIpc) is 2.92. The van der Waals surface area contributed by atoms with Crippen LogP contribution in [0.5, 0.6) is 0 Å². The van der Waals surface area contributed by atoms with Crippen molar-refractivity contribution < 1.29 is 8.42 Å². The minimum Gasteiger partial charge on any atom is -0.244 e. The quantitative estimate of drug-likeness (QED) is 0.671. The van der Waals surface area contributed by atoms with Crippen molar-refractivity contribution in [2.75, 3.05) is 6.26 Å². The summed E-state index contributed by atoms with van der Waals surface area (Å²) >= 11 is 0. The van der Waals surface area contributed by atoms with Crippen molar-refractivity contribution in [2.45, 2.75) is 25.7 Å². The molecule has 0 aliphatic carbocycles. The van der Waals surface area contributed by atoms with Crippen LogP contribution in [0.25, 0.3) is 28.6 Å². The van der Waals surface area contributed by atoms with Gasteiger partial charge in [-0.3, -0.25) is 0 Å². The van der Waals surface area contributed by atoms with Gasteiger partial charge >= 0.3 is 0 Å². The molecule has 0 radical (unpaired) electrons. The number of allylic oxidation sites excluding steroid dienone is 1. The molecule has 1 heterocycles. The minimum absolute atomic E-state index is 0.308. The van der Waals surface area contributed by atoms with Gasteiger partial charge in [0.25, 0.3) is 0 Å². The summed E-state index contributed by atoms with van der Waals surface area (Å²) in [7, 11) is -3.22. The minimum atomic E-state index is -3.22. The maximum Gasteiger partial charge on any atom is 0.175 e. The van der Waals surface area contributed by atoms with Gasteiger partial charge in [0.05, 0.1) is 4.90 Å². The topological polar surface area (TPSA) is 52.0 Å². The first kappa shape index (κ1) is 18.1. The van der Waals surface area contributed by atoms with E-state index in [1.165, 1.54) is 11.8 Å². The standard InChI is InChI=1S/C21H22N2O2S/c1-5-14-23-16(3)20(17-8-6-15(2)7-9-17)21(22-23)18-10-12-19(13-11-18)26(4,24)25/h5-14H,1-4H3. The van der Waals surface area contributed by atoms with Crippen molar-refractivity contribution in [3.05, 3.63) is 65.9 Å². The zero-order valence-electron chi connectivity index (χ0n) is 15.4. The highest BCUT2D eigenvalue weighted by Crippen LogP contribution is 2.35. The smallest absolute Gasteiger partial charge is 0.175 e. The molecule has 0 atom stereocenters. The number of hydrogen-bond donors (Lipinski definition) is 0. The van der Waals surface area contributed by atoms with Crippen molar-refractivity contribution >= 4 is 16.0 Å². The Kier molecular flexibility index (Phi) is 4.83. The molecule has 0 amide bonds. The summed E-state index contributed by atoms with van der Waals surface area (Å²) in [5.41, 5.74) is 6.10. The third-order valence-corrected chi connectivity index (χ3v) is 5.46. The van der Waals surface area contributed by atoms with E-state index in [-0.39, 0.29) is 0 Å². The average molecular weight is 366 g/mol. The molecule has 0 bridgehead atoms. The Morgan fingerprint density at radius 1 is 0.923 bits per heavy atom. The fourth-order valence-corrected chi connectivity index (χ4v) is 3.56. The number of benzene rings is 2. The largest absolute Gasteiger partial charge is 0.244 e. The third kappa shape index (κ3) is 3.48. The molecule has 2 aromatic carbocycles. The SMILES string of the molecule is CC=Cn1nc(-c2ccc(S(C)(=O)=O)cc2)c(-c2ccc(C)cc2)c1C. The van der Waals surface area contributed by atoms with E-state index in [1.807, 2.05) is 42.9 Å². The van der Waals surface area contributed by atoms with Crippen LogP contribution in [0.3, 0.4) is 0 Å². The molecule has 0 saturated heterocycles. The van der Waals surface area contributed by atoms with Crippen LogP contribution < -0.4 is 0 Å². The molecule has 134 valence electrons. The molecule has 4 nitrogen and oxygen atoms in total. The van der Waals surface area contributed by atoms with Crippen LogP contribution >= 0.6 is 0 Å². The van der Waals surface area contributed by atoms with E-state index in [4.69, 9.17) is 5.10 Å². The summed E-state index contributed by atoms with van der Waals surface area (Å²) in [6, 6.07) is 15.2. The highest BCUT2D eigenvalue weighted by Gasteiger charge is 2.18. The molecule has 0 aliphatic heterocycles. The van der Waals surface area contributed by atoms with Crippen LogP contribution in [0.1, 0.15) is 18.2 Å².